The Hall–Kier alpha value is -0.780. The molecule has 4 saturated carbocycles. The fraction of sp³-hybridized carbons (Fsp3) is 0.952. The summed E-state index contributed by atoms with van der Waals surface area (Å²) in [6, 6.07) is 0. The van der Waals surface area contributed by atoms with Crippen molar-refractivity contribution in [2.75, 3.05) is 13.2 Å². The monoisotopic (exact) mass is 784 g/mol. The molecule has 0 aromatic carbocycles. The molecule has 2 saturated heterocycles. The van der Waals surface area contributed by atoms with Crippen molar-refractivity contribution >= 4 is 0 Å². The summed E-state index contributed by atoms with van der Waals surface area (Å²) in [4.78, 5) is 0. The smallest absolute Gasteiger partial charge is 0.187 e. The highest BCUT2D eigenvalue weighted by Gasteiger charge is 2.71. The van der Waals surface area contributed by atoms with Crippen LogP contribution < -0.4 is 0 Å². The summed E-state index contributed by atoms with van der Waals surface area (Å²) in [5.41, 5.74) is -0.473. The van der Waals surface area contributed by atoms with Gasteiger partial charge in [-0.25, -0.2) is 0 Å². The first-order valence-corrected chi connectivity index (χ1v) is 20.9. The van der Waals surface area contributed by atoms with E-state index in [4.69, 9.17) is 18.9 Å². The predicted octanol–water partition coefficient (Wildman–Crippen LogP) is 2.15. The minimum Gasteiger partial charge on any atom is -0.394 e. The van der Waals surface area contributed by atoms with Gasteiger partial charge in [0.25, 0.3) is 0 Å². The second-order valence-corrected chi connectivity index (χ2v) is 20.1. The zero-order valence-electron chi connectivity index (χ0n) is 34.3. The van der Waals surface area contributed by atoms with Crippen LogP contribution in [-0.2, 0) is 18.9 Å². The Morgan fingerprint density at radius 1 is 0.709 bits per heavy atom. The molecule has 0 bridgehead atoms. The van der Waals surface area contributed by atoms with Gasteiger partial charge in [0.05, 0.1) is 31.0 Å². The maximum Gasteiger partial charge on any atom is 0.187 e. The van der Waals surface area contributed by atoms with Gasteiger partial charge < -0.3 is 64.9 Å². The van der Waals surface area contributed by atoms with Crippen LogP contribution in [0, 0.1) is 45.3 Å². The number of allylic oxidation sites excluding steroid dienone is 2. The van der Waals surface area contributed by atoms with Crippen molar-refractivity contribution in [3.63, 3.8) is 0 Å². The number of rotatable bonds is 10. The van der Waals surface area contributed by atoms with Crippen molar-refractivity contribution in [1.29, 1.82) is 0 Å². The average Bonchev–Trinajstić information content (AvgIpc) is 3.48. The lowest BCUT2D eigenvalue weighted by Gasteiger charge is -2.70. The minimum absolute atomic E-state index is 0.0656. The molecular formula is C42H72O13. The van der Waals surface area contributed by atoms with Crippen LogP contribution in [0.2, 0.25) is 0 Å². The maximum absolute atomic E-state index is 12.0. The van der Waals surface area contributed by atoms with E-state index in [-0.39, 0.29) is 28.1 Å². The number of fused-ring (bicyclic) bond motifs is 5. The molecule has 13 nitrogen and oxygen atoms in total. The van der Waals surface area contributed by atoms with Gasteiger partial charge in [0.15, 0.2) is 12.6 Å². The van der Waals surface area contributed by atoms with Crippen LogP contribution in [-0.4, -0.2) is 138 Å². The highest BCUT2D eigenvalue weighted by Crippen LogP contribution is 2.76. The molecule has 0 amide bonds. The van der Waals surface area contributed by atoms with Gasteiger partial charge in [0.1, 0.15) is 48.8 Å². The van der Waals surface area contributed by atoms with Crippen LogP contribution in [0.25, 0.3) is 0 Å². The predicted molar refractivity (Wildman–Crippen MR) is 201 cm³/mol. The topological polar surface area (TPSA) is 219 Å². The molecule has 6 rings (SSSR count). The first-order valence-electron chi connectivity index (χ1n) is 20.9. The van der Waals surface area contributed by atoms with E-state index in [0.29, 0.717) is 24.7 Å². The molecule has 0 aromatic rings. The molecule has 20 atom stereocenters. The third kappa shape index (κ3) is 7.10. The fourth-order valence-electron chi connectivity index (χ4n) is 13.6. The maximum atomic E-state index is 12.0. The van der Waals surface area contributed by atoms with Crippen molar-refractivity contribution in [2.24, 2.45) is 45.3 Å². The zero-order chi connectivity index (χ0) is 40.6. The van der Waals surface area contributed by atoms with Gasteiger partial charge in [-0.1, -0.05) is 46.3 Å². The fourth-order valence-corrected chi connectivity index (χ4v) is 13.6. The highest BCUT2D eigenvalue weighted by molar-refractivity contribution is 5.19. The minimum atomic E-state index is -1.57. The summed E-state index contributed by atoms with van der Waals surface area (Å²) in [5.74, 6) is 0.865. The summed E-state index contributed by atoms with van der Waals surface area (Å²) in [5, 5.41) is 95.4. The van der Waals surface area contributed by atoms with Crippen molar-refractivity contribution in [2.45, 2.75) is 192 Å². The Labute approximate surface area is 327 Å². The summed E-state index contributed by atoms with van der Waals surface area (Å²) in [7, 11) is 0. The van der Waals surface area contributed by atoms with E-state index in [0.717, 1.165) is 44.9 Å². The summed E-state index contributed by atoms with van der Waals surface area (Å²) < 4.78 is 24.9. The van der Waals surface area contributed by atoms with Crippen LogP contribution in [0.5, 0.6) is 0 Å². The van der Waals surface area contributed by atoms with Crippen molar-refractivity contribution in [1.82, 2.24) is 0 Å². The van der Waals surface area contributed by atoms with Gasteiger partial charge in [0.2, 0.25) is 0 Å². The van der Waals surface area contributed by atoms with Crippen LogP contribution in [0.4, 0.5) is 0 Å². The quantitative estimate of drug-likeness (QED) is 0.115. The van der Waals surface area contributed by atoms with Gasteiger partial charge in [0, 0.05) is 0 Å². The second-order valence-electron chi connectivity index (χ2n) is 20.1. The highest BCUT2D eigenvalue weighted by atomic mass is 16.7. The van der Waals surface area contributed by atoms with E-state index in [1.165, 1.54) is 5.57 Å². The Bertz CT molecular complexity index is 1370. The second kappa shape index (κ2) is 15.7. The molecule has 6 aliphatic rings. The molecule has 0 spiro atoms. The molecule has 0 aromatic heterocycles. The van der Waals surface area contributed by atoms with Gasteiger partial charge in [-0.3, -0.25) is 0 Å². The number of hydrogen-bond acceptors (Lipinski definition) is 13. The van der Waals surface area contributed by atoms with E-state index in [9.17, 15) is 46.0 Å². The van der Waals surface area contributed by atoms with E-state index < -0.39 is 97.8 Å². The normalized spacial score (nSPS) is 52.0. The molecule has 9 N–H and O–H groups in total. The summed E-state index contributed by atoms with van der Waals surface area (Å²) >= 11 is 0. The molecule has 13 heteroatoms. The average molecular weight is 785 g/mol. The number of aliphatic hydroxyl groups is 9. The van der Waals surface area contributed by atoms with Crippen molar-refractivity contribution in [3.05, 3.63) is 11.6 Å². The molecule has 318 valence electrons. The molecule has 6 fully saturated rings. The van der Waals surface area contributed by atoms with Gasteiger partial charge in [-0.05, 0) is 124 Å². The molecule has 0 radical (unpaired) electrons. The van der Waals surface area contributed by atoms with Crippen LogP contribution in [0.1, 0.15) is 113 Å². The summed E-state index contributed by atoms with van der Waals surface area (Å²) in [6.45, 7) is 16.6. The molecule has 55 heavy (non-hydrogen) atoms. The third-order valence-corrected chi connectivity index (χ3v) is 16.6. The molecule has 20 unspecified atom stereocenters. The number of hydrogen-bond donors (Lipinski definition) is 9. The lowest BCUT2D eigenvalue weighted by atomic mass is 9.35. The summed E-state index contributed by atoms with van der Waals surface area (Å²) in [6.07, 6.45) is -5.57. The first kappa shape index (κ1) is 43.8. The molecular weight excluding hydrogens is 712 g/mol. The Kier molecular flexibility index (Phi) is 12.5. The first-order chi connectivity index (χ1) is 25.6. The lowest BCUT2D eigenvalue weighted by molar-refractivity contribution is -0.343. The molecule has 4 aliphatic carbocycles. The Balaban J connectivity index is 1.25. The van der Waals surface area contributed by atoms with Crippen LogP contribution in [0.3, 0.4) is 0 Å². The van der Waals surface area contributed by atoms with Crippen molar-refractivity contribution < 1.29 is 64.9 Å². The lowest BCUT2D eigenvalue weighted by Crippen LogP contribution is -2.68. The standard InChI is InChI=1S/C42H72O13/c1-21(2)10-9-15-42(8,55-37-34(51)32(49)30(47)26(20-44)53-37)23-13-16-40(6)22(23)11-12-28-39(5)18-24(45)35(38(3,4)27(39)14-17-41(28,40)7)54-36-33(50)31(48)29(46)25(19-43)52-36/h10,22-37,43-51H,9,11-20H2,1-8H3. The zero-order valence-corrected chi connectivity index (χ0v) is 34.3. The van der Waals surface area contributed by atoms with Gasteiger partial charge >= 0.3 is 0 Å². The largest absolute Gasteiger partial charge is 0.394 e. The number of aliphatic hydroxyl groups excluding tert-OH is 9. The Morgan fingerprint density at radius 3 is 1.85 bits per heavy atom. The van der Waals surface area contributed by atoms with E-state index >= 15 is 0 Å². The van der Waals surface area contributed by atoms with E-state index in [2.05, 4.69) is 61.5 Å². The van der Waals surface area contributed by atoms with Crippen molar-refractivity contribution in [3.8, 4) is 0 Å². The van der Waals surface area contributed by atoms with Gasteiger partial charge in [-0.2, -0.15) is 0 Å². The number of ether oxygens (including phenoxy) is 4. The third-order valence-electron chi connectivity index (χ3n) is 16.6. The molecule has 2 heterocycles. The van der Waals surface area contributed by atoms with E-state index in [1.807, 2.05) is 0 Å². The SMILES string of the molecule is CC(C)=CCCC(C)(OC1OC(CO)C(O)C(O)C1O)C1CCC2(C)C1CCC1C3(C)CC(O)C(OC4OC(CO)C(O)C(O)C4O)C(C)(C)C3CCC12C. The van der Waals surface area contributed by atoms with Crippen LogP contribution >= 0.6 is 0 Å². The molecule has 2 aliphatic heterocycles. The van der Waals surface area contributed by atoms with E-state index in [1.54, 1.807) is 0 Å². The Morgan fingerprint density at radius 2 is 1.27 bits per heavy atom. The van der Waals surface area contributed by atoms with Crippen LogP contribution in [0.15, 0.2) is 11.6 Å². The van der Waals surface area contributed by atoms with Gasteiger partial charge in [-0.15, -0.1) is 0 Å².